The molecule has 0 spiro atoms. The van der Waals surface area contributed by atoms with Gasteiger partial charge in [0.1, 0.15) is 0 Å². The summed E-state index contributed by atoms with van der Waals surface area (Å²) >= 11 is 0. The van der Waals surface area contributed by atoms with Gasteiger partial charge in [-0.1, -0.05) is 202 Å². The third-order valence-electron chi connectivity index (χ3n) is 15.5. The van der Waals surface area contributed by atoms with E-state index < -0.39 is 0 Å². The van der Waals surface area contributed by atoms with Crippen LogP contribution in [0.25, 0.3) is 94.3 Å². The Labute approximate surface area is 428 Å². The van der Waals surface area contributed by atoms with Gasteiger partial charge in [0.05, 0.1) is 11.0 Å². The normalized spacial score (nSPS) is 12.5. The first-order valence-electron chi connectivity index (χ1n) is 25.5. The molecule has 0 amide bonds. The number of anilines is 3. The van der Waals surface area contributed by atoms with Crippen LogP contribution in [-0.2, 0) is 5.41 Å². The number of hydrogen-bond donors (Lipinski definition) is 0. The van der Waals surface area contributed by atoms with E-state index in [-0.39, 0.29) is 5.41 Å². The molecule has 0 fully saturated rings. The average molecular weight is 935 g/mol. The summed E-state index contributed by atoms with van der Waals surface area (Å²) in [5.74, 6) is 0. The minimum absolute atomic E-state index is 0.102. The van der Waals surface area contributed by atoms with Crippen molar-refractivity contribution in [2.24, 2.45) is 0 Å². The van der Waals surface area contributed by atoms with Gasteiger partial charge in [0, 0.05) is 38.9 Å². The molecule has 11 aromatic carbocycles. The van der Waals surface area contributed by atoms with Crippen molar-refractivity contribution < 1.29 is 0 Å². The lowest BCUT2D eigenvalue weighted by atomic mass is 9.82. The lowest BCUT2D eigenvalue weighted by Crippen LogP contribution is -2.16. The van der Waals surface area contributed by atoms with Crippen molar-refractivity contribution in [2.45, 2.75) is 33.1 Å². The molecule has 0 saturated carbocycles. The quantitative estimate of drug-likeness (QED) is 0.140. The predicted octanol–water partition coefficient (Wildman–Crippen LogP) is 19.5. The summed E-state index contributed by atoms with van der Waals surface area (Å²) in [5.41, 5.74) is 27.0. The third kappa shape index (κ3) is 7.66. The van der Waals surface area contributed by atoms with E-state index in [1.807, 2.05) is 0 Å². The largest absolute Gasteiger partial charge is 0.310 e. The Bertz CT molecular complexity index is 4030. The Morgan fingerprint density at radius 2 is 0.740 bits per heavy atom. The zero-order valence-electron chi connectivity index (χ0n) is 41.6. The number of aromatic nitrogens is 1. The first-order chi connectivity index (χ1) is 35.8. The summed E-state index contributed by atoms with van der Waals surface area (Å²) in [4.78, 5) is 2.42. The fourth-order valence-electron chi connectivity index (χ4n) is 11.6. The van der Waals surface area contributed by atoms with Crippen LogP contribution < -0.4 is 4.90 Å². The molecule has 1 aliphatic rings. The number of para-hydroxylation sites is 2. The van der Waals surface area contributed by atoms with Crippen LogP contribution in [0, 0.1) is 13.8 Å². The van der Waals surface area contributed by atoms with Gasteiger partial charge in [-0.05, 0) is 170 Å². The molecule has 0 unspecified atom stereocenters. The van der Waals surface area contributed by atoms with E-state index in [0.29, 0.717) is 0 Å². The molecule has 73 heavy (non-hydrogen) atoms. The monoisotopic (exact) mass is 934 g/mol. The lowest BCUT2D eigenvalue weighted by Gasteiger charge is -2.29. The van der Waals surface area contributed by atoms with Crippen molar-refractivity contribution in [1.29, 1.82) is 0 Å². The second-order valence-corrected chi connectivity index (χ2v) is 20.2. The summed E-state index contributed by atoms with van der Waals surface area (Å²) in [6, 6.07) is 93.8. The molecular weight excluding hydrogens is 881 g/mol. The summed E-state index contributed by atoms with van der Waals surface area (Å²) < 4.78 is 2.37. The number of hydrogen-bond acceptors (Lipinski definition) is 1. The SMILES string of the molecule is Cc1ccccc1-c1ccc(N(c2ccc(-c3ccc(-c4ccc(-c5ccc(-c6ccc7c(c6)c6ccccc6n7-c6ccccc6)cc5)cc4)cc3)cc2)c2ccc3c(c2)C(C)(C)c2ccccc2-3)cc1C. The molecule has 0 atom stereocenters. The summed E-state index contributed by atoms with van der Waals surface area (Å²) in [7, 11) is 0. The van der Waals surface area contributed by atoms with E-state index in [1.54, 1.807) is 0 Å². The Hall–Kier alpha value is -8.98. The van der Waals surface area contributed by atoms with Crippen LogP contribution in [-0.4, -0.2) is 4.57 Å². The highest BCUT2D eigenvalue weighted by Gasteiger charge is 2.35. The maximum atomic E-state index is 2.42. The second-order valence-electron chi connectivity index (χ2n) is 20.2. The molecule has 2 nitrogen and oxygen atoms in total. The molecule has 12 aromatic rings. The molecule has 348 valence electrons. The highest BCUT2D eigenvalue weighted by Crippen LogP contribution is 2.51. The van der Waals surface area contributed by atoms with E-state index in [1.165, 1.54) is 117 Å². The van der Waals surface area contributed by atoms with Gasteiger partial charge in [-0.3, -0.25) is 0 Å². The number of rotatable bonds is 9. The van der Waals surface area contributed by atoms with Crippen LogP contribution in [0.15, 0.2) is 255 Å². The van der Waals surface area contributed by atoms with E-state index in [2.05, 4.69) is 292 Å². The van der Waals surface area contributed by atoms with Gasteiger partial charge in [-0.2, -0.15) is 0 Å². The molecule has 0 N–H and O–H groups in total. The smallest absolute Gasteiger partial charge is 0.0541 e. The molecule has 0 radical (unpaired) electrons. The van der Waals surface area contributed by atoms with Crippen LogP contribution in [0.4, 0.5) is 17.1 Å². The van der Waals surface area contributed by atoms with Crippen molar-refractivity contribution in [2.75, 3.05) is 4.90 Å². The van der Waals surface area contributed by atoms with Crippen LogP contribution in [0.1, 0.15) is 36.1 Å². The van der Waals surface area contributed by atoms with Crippen LogP contribution in [0.2, 0.25) is 0 Å². The molecule has 1 heterocycles. The number of fused-ring (bicyclic) bond motifs is 6. The van der Waals surface area contributed by atoms with Crippen molar-refractivity contribution in [3.63, 3.8) is 0 Å². The standard InChI is InChI=1S/C71H54N2/c1-47-14-8-9-17-61(47)62-41-39-59(44-48(62)2)72(60-40-42-64-63-18-10-12-20-67(63)71(3,4)68(64)46-60)58-37-34-54(35-38-58)53-28-26-50(27-29-53)49-22-24-51(25-23-49)52-30-32-55(33-31-52)56-36-43-70-66(45-56)65-19-11-13-21-69(65)73(70)57-15-6-5-7-16-57/h5-46H,1-4H3. The van der Waals surface area contributed by atoms with Crippen molar-refractivity contribution >= 4 is 38.9 Å². The van der Waals surface area contributed by atoms with Gasteiger partial charge in [0.25, 0.3) is 0 Å². The van der Waals surface area contributed by atoms with Crippen molar-refractivity contribution in [3.8, 4) is 72.4 Å². The zero-order valence-corrected chi connectivity index (χ0v) is 41.6. The Kier molecular flexibility index (Phi) is 10.7. The van der Waals surface area contributed by atoms with E-state index in [0.717, 1.165) is 17.1 Å². The summed E-state index contributed by atoms with van der Waals surface area (Å²) in [6.45, 7) is 9.15. The van der Waals surface area contributed by atoms with Gasteiger partial charge in [-0.25, -0.2) is 0 Å². The van der Waals surface area contributed by atoms with Gasteiger partial charge in [0.2, 0.25) is 0 Å². The molecule has 13 rings (SSSR count). The Balaban J connectivity index is 0.752. The summed E-state index contributed by atoms with van der Waals surface area (Å²) in [6.07, 6.45) is 0. The topological polar surface area (TPSA) is 8.17 Å². The molecule has 0 aliphatic heterocycles. The van der Waals surface area contributed by atoms with Crippen LogP contribution in [0.5, 0.6) is 0 Å². The average Bonchev–Trinajstić information content (AvgIpc) is 3.89. The highest BCUT2D eigenvalue weighted by molar-refractivity contribution is 6.10. The fraction of sp³-hybridized carbons (Fsp3) is 0.0704. The molecule has 0 saturated heterocycles. The zero-order chi connectivity index (χ0) is 49.2. The van der Waals surface area contributed by atoms with Gasteiger partial charge < -0.3 is 9.47 Å². The Morgan fingerprint density at radius 3 is 1.36 bits per heavy atom. The van der Waals surface area contributed by atoms with Gasteiger partial charge in [0.15, 0.2) is 0 Å². The minimum atomic E-state index is -0.102. The highest BCUT2D eigenvalue weighted by atomic mass is 15.1. The minimum Gasteiger partial charge on any atom is -0.310 e. The Morgan fingerprint density at radius 1 is 0.301 bits per heavy atom. The van der Waals surface area contributed by atoms with E-state index in [9.17, 15) is 0 Å². The molecule has 2 heteroatoms. The second kappa shape index (κ2) is 17.7. The molecule has 1 aromatic heterocycles. The molecule has 0 bridgehead atoms. The fourth-order valence-corrected chi connectivity index (χ4v) is 11.6. The first-order valence-corrected chi connectivity index (χ1v) is 25.5. The number of nitrogens with zero attached hydrogens (tertiary/aromatic N) is 2. The molecule has 1 aliphatic carbocycles. The third-order valence-corrected chi connectivity index (χ3v) is 15.5. The lowest BCUT2D eigenvalue weighted by molar-refractivity contribution is 0.660. The van der Waals surface area contributed by atoms with E-state index >= 15 is 0 Å². The van der Waals surface area contributed by atoms with Crippen LogP contribution in [0.3, 0.4) is 0 Å². The summed E-state index contributed by atoms with van der Waals surface area (Å²) in [5, 5.41) is 2.53. The maximum absolute atomic E-state index is 2.42. The number of aryl methyl sites for hydroxylation is 2. The van der Waals surface area contributed by atoms with Gasteiger partial charge >= 0.3 is 0 Å². The van der Waals surface area contributed by atoms with Crippen molar-refractivity contribution in [1.82, 2.24) is 4.57 Å². The molecular formula is C71H54N2. The van der Waals surface area contributed by atoms with E-state index in [4.69, 9.17) is 0 Å². The van der Waals surface area contributed by atoms with Gasteiger partial charge in [-0.15, -0.1) is 0 Å². The van der Waals surface area contributed by atoms with Crippen molar-refractivity contribution in [3.05, 3.63) is 277 Å². The predicted molar refractivity (Wildman–Crippen MR) is 310 cm³/mol. The van der Waals surface area contributed by atoms with Crippen LogP contribution >= 0.6 is 0 Å². The number of benzene rings is 11. The maximum Gasteiger partial charge on any atom is 0.0541 e. The first kappa shape index (κ1) is 44.0.